The third-order valence-electron chi connectivity index (χ3n) is 2.16. The molecule has 0 fully saturated rings. The molecule has 1 rings (SSSR count). The maximum absolute atomic E-state index is 12.9. The number of halogens is 2. The molecule has 0 unspecified atom stereocenters. The molecule has 0 radical (unpaired) electrons. The Balaban J connectivity index is 2.81. The number of hydrogen-bond donors (Lipinski definition) is 2. The summed E-state index contributed by atoms with van der Waals surface area (Å²) in [7, 11) is -2.90. The lowest BCUT2D eigenvalue weighted by molar-refractivity contribution is -0.137. The van der Waals surface area contributed by atoms with Crippen LogP contribution < -0.4 is 4.72 Å². The van der Waals surface area contributed by atoms with Crippen molar-refractivity contribution in [2.45, 2.75) is 6.42 Å². The number of nitrogens with zero attached hydrogens (tertiary/aromatic N) is 1. The van der Waals surface area contributed by atoms with Gasteiger partial charge in [-0.2, -0.15) is 12.7 Å². The molecule has 106 valence electrons. The fourth-order valence-electron chi connectivity index (χ4n) is 1.21. The highest BCUT2D eigenvalue weighted by Gasteiger charge is 2.18. The van der Waals surface area contributed by atoms with Crippen molar-refractivity contribution in [2.24, 2.45) is 0 Å². The Morgan fingerprint density at radius 3 is 2.32 bits per heavy atom. The van der Waals surface area contributed by atoms with Crippen molar-refractivity contribution in [1.82, 2.24) is 4.31 Å². The van der Waals surface area contributed by atoms with Gasteiger partial charge in [-0.25, -0.2) is 8.78 Å². The van der Waals surface area contributed by atoms with Gasteiger partial charge in [0.25, 0.3) is 0 Å². The molecular weight excluding hydrogens is 282 g/mol. The quantitative estimate of drug-likeness (QED) is 0.820. The molecule has 2 N–H and O–H groups in total. The fourth-order valence-corrected chi connectivity index (χ4v) is 2.12. The second-order valence-electron chi connectivity index (χ2n) is 3.73. The smallest absolute Gasteiger partial charge is 0.304 e. The Kier molecular flexibility index (Phi) is 4.78. The van der Waals surface area contributed by atoms with Crippen LogP contribution in [-0.2, 0) is 15.0 Å². The molecule has 6 nitrogen and oxygen atoms in total. The second kappa shape index (κ2) is 5.93. The average Bonchev–Trinajstić information content (AvgIpc) is 2.23. The van der Waals surface area contributed by atoms with Crippen LogP contribution in [0.3, 0.4) is 0 Å². The minimum Gasteiger partial charge on any atom is -0.481 e. The van der Waals surface area contributed by atoms with E-state index < -0.39 is 27.8 Å². The van der Waals surface area contributed by atoms with Crippen molar-refractivity contribution < 1.29 is 27.1 Å². The predicted octanol–water partition coefficient (Wildman–Crippen LogP) is 1.03. The topological polar surface area (TPSA) is 86.7 Å². The molecule has 0 aliphatic rings. The maximum atomic E-state index is 12.9. The number of carboxylic acid groups (broad SMARTS) is 1. The minimum absolute atomic E-state index is 0.261. The van der Waals surface area contributed by atoms with Crippen LogP contribution in [0.1, 0.15) is 6.42 Å². The molecule has 0 saturated heterocycles. The van der Waals surface area contributed by atoms with E-state index in [1.54, 1.807) is 0 Å². The van der Waals surface area contributed by atoms with E-state index in [0.717, 1.165) is 23.5 Å². The van der Waals surface area contributed by atoms with E-state index in [1.165, 1.54) is 0 Å². The van der Waals surface area contributed by atoms with Crippen molar-refractivity contribution in [3.8, 4) is 0 Å². The lowest BCUT2D eigenvalue weighted by Gasteiger charge is -2.17. The largest absolute Gasteiger partial charge is 0.481 e. The van der Waals surface area contributed by atoms with Gasteiger partial charge in [-0.15, -0.1) is 0 Å². The predicted molar refractivity (Wildman–Crippen MR) is 63.8 cm³/mol. The van der Waals surface area contributed by atoms with Crippen LogP contribution in [0.4, 0.5) is 14.5 Å². The molecule has 0 aliphatic heterocycles. The molecule has 0 bridgehead atoms. The van der Waals surface area contributed by atoms with Crippen molar-refractivity contribution in [1.29, 1.82) is 0 Å². The number of nitrogens with one attached hydrogen (secondary N) is 1. The van der Waals surface area contributed by atoms with Crippen molar-refractivity contribution in [3.63, 3.8) is 0 Å². The van der Waals surface area contributed by atoms with Crippen LogP contribution in [0.15, 0.2) is 18.2 Å². The van der Waals surface area contributed by atoms with Gasteiger partial charge in [0.1, 0.15) is 11.6 Å². The summed E-state index contributed by atoms with van der Waals surface area (Å²) in [4.78, 5) is 10.3. The van der Waals surface area contributed by atoms with E-state index in [2.05, 4.69) is 0 Å². The van der Waals surface area contributed by atoms with E-state index >= 15 is 0 Å². The molecule has 0 atom stereocenters. The summed E-state index contributed by atoms with van der Waals surface area (Å²) in [5.41, 5.74) is -0.278. The Morgan fingerprint density at radius 2 is 1.84 bits per heavy atom. The molecule has 0 amide bonds. The normalized spacial score (nSPS) is 11.6. The fraction of sp³-hybridized carbons (Fsp3) is 0.300. The highest BCUT2D eigenvalue weighted by Crippen LogP contribution is 2.15. The number of hydrogen-bond acceptors (Lipinski definition) is 3. The average molecular weight is 294 g/mol. The van der Waals surface area contributed by atoms with E-state index in [1.807, 2.05) is 4.72 Å². The van der Waals surface area contributed by atoms with E-state index in [0.29, 0.717) is 6.07 Å². The van der Waals surface area contributed by atoms with Gasteiger partial charge in [0.05, 0.1) is 12.1 Å². The number of aliphatic carboxylic acids is 1. The van der Waals surface area contributed by atoms with Gasteiger partial charge in [-0.3, -0.25) is 9.52 Å². The molecule has 0 heterocycles. The first-order valence-corrected chi connectivity index (χ1v) is 6.56. The Hall–Kier alpha value is -1.74. The zero-order valence-corrected chi connectivity index (χ0v) is 10.7. The zero-order chi connectivity index (χ0) is 14.6. The number of anilines is 1. The third-order valence-corrected chi connectivity index (χ3v) is 3.66. The number of rotatable bonds is 6. The van der Waals surface area contributed by atoms with Gasteiger partial charge in [0.15, 0.2) is 0 Å². The van der Waals surface area contributed by atoms with Gasteiger partial charge in [-0.05, 0) is 12.1 Å². The molecule has 0 aliphatic carbocycles. The highest BCUT2D eigenvalue weighted by atomic mass is 32.2. The SMILES string of the molecule is CN(CCC(=O)O)S(=O)(=O)Nc1cc(F)cc(F)c1. The summed E-state index contributed by atoms with van der Waals surface area (Å²) in [6.07, 6.45) is -0.380. The standard InChI is InChI=1S/C10H12F2N2O4S/c1-14(3-2-10(15)16)19(17,18)13-9-5-7(11)4-8(12)6-9/h4-6,13H,2-3H2,1H3,(H,15,16). The molecule has 1 aromatic rings. The molecular formula is C10H12F2N2O4S. The Bertz CT molecular complexity index is 557. The third kappa shape index (κ3) is 4.79. The molecule has 1 aromatic carbocycles. The van der Waals surface area contributed by atoms with Crippen LogP contribution in [0, 0.1) is 11.6 Å². The summed E-state index contributed by atoms with van der Waals surface area (Å²) in [6.45, 7) is -0.261. The van der Waals surface area contributed by atoms with Crippen molar-refractivity contribution in [3.05, 3.63) is 29.8 Å². The van der Waals surface area contributed by atoms with Crippen LogP contribution in [0.2, 0.25) is 0 Å². The first kappa shape index (κ1) is 15.3. The van der Waals surface area contributed by atoms with Crippen molar-refractivity contribution >= 4 is 21.9 Å². The Morgan fingerprint density at radius 1 is 1.32 bits per heavy atom. The Labute approximate surface area is 108 Å². The van der Waals surface area contributed by atoms with Crippen LogP contribution in [0.25, 0.3) is 0 Å². The number of carbonyl (C=O) groups is 1. The first-order valence-electron chi connectivity index (χ1n) is 5.12. The highest BCUT2D eigenvalue weighted by molar-refractivity contribution is 7.90. The van der Waals surface area contributed by atoms with Gasteiger partial charge < -0.3 is 5.11 Å². The van der Waals surface area contributed by atoms with E-state index in [9.17, 15) is 22.0 Å². The molecule has 0 spiro atoms. The van der Waals surface area contributed by atoms with Crippen molar-refractivity contribution in [2.75, 3.05) is 18.3 Å². The van der Waals surface area contributed by atoms with Gasteiger partial charge >= 0.3 is 16.2 Å². The summed E-state index contributed by atoms with van der Waals surface area (Å²) < 4.78 is 51.9. The van der Waals surface area contributed by atoms with E-state index in [4.69, 9.17) is 5.11 Å². The first-order chi connectivity index (χ1) is 8.70. The molecule has 0 aromatic heterocycles. The van der Waals surface area contributed by atoms with Gasteiger partial charge in [0.2, 0.25) is 0 Å². The lowest BCUT2D eigenvalue weighted by Crippen LogP contribution is -2.34. The maximum Gasteiger partial charge on any atom is 0.304 e. The number of carboxylic acids is 1. The molecule has 9 heteroatoms. The van der Waals surface area contributed by atoms with Gasteiger partial charge in [-0.1, -0.05) is 0 Å². The molecule has 0 saturated carbocycles. The van der Waals surface area contributed by atoms with Crippen LogP contribution in [-0.4, -0.2) is 37.4 Å². The van der Waals surface area contributed by atoms with Crippen LogP contribution >= 0.6 is 0 Å². The monoisotopic (exact) mass is 294 g/mol. The van der Waals surface area contributed by atoms with Gasteiger partial charge in [0, 0.05) is 19.7 Å². The van der Waals surface area contributed by atoms with Crippen LogP contribution in [0.5, 0.6) is 0 Å². The zero-order valence-electron chi connectivity index (χ0n) is 9.93. The summed E-state index contributed by atoms with van der Waals surface area (Å²) in [5.74, 6) is -3.00. The summed E-state index contributed by atoms with van der Waals surface area (Å²) in [6, 6.07) is 2.23. The summed E-state index contributed by atoms with van der Waals surface area (Å²) >= 11 is 0. The second-order valence-corrected chi connectivity index (χ2v) is 5.51. The number of benzene rings is 1. The minimum atomic E-state index is -4.06. The van der Waals surface area contributed by atoms with E-state index in [-0.39, 0.29) is 18.7 Å². The molecule has 19 heavy (non-hydrogen) atoms. The summed E-state index contributed by atoms with van der Waals surface area (Å²) in [5, 5.41) is 8.45. The lowest BCUT2D eigenvalue weighted by atomic mass is 10.3.